The van der Waals surface area contributed by atoms with Crippen LogP contribution in [0, 0.1) is 0 Å². The highest BCUT2D eigenvalue weighted by molar-refractivity contribution is 6.30. The average molecular weight is 373 g/mol. The minimum Gasteiger partial charge on any atom is -0.484 e. The standard InChI is InChI=1S/C21H25ClN2O2/c1-2-17-4-3-5-20(14-17)26-16-21(25)24-12-10-23(11-13-24)15-18-6-8-19(22)9-7-18/h3-9,14H,2,10-13,15-16H2,1H3. The number of amides is 1. The summed E-state index contributed by atoms with van der Waals surface area (Å²) in [5.41, 5.74) is 2.46. The van der Waals surface area contributed by atoms with Crippen molar-refractivity contribution in [3.05, 3.63) is 64.7 Å². The Morgan fingerprint density at radius 3 is 2.46 bits per heavy atom. The Labute approximate surface area is 160 Å². The number of carbonyl (C=O) groups is 1. The minimum atomic E-state index is 0.0537. The highest BCUT2D eigenvalue weighted by atomic mass is 35.5. The van der Waals surface area contributed by atoms with Crippen LogP contribution in [0.25, 0.3) is 0 Å². The van der Waals surface area contributed by atoms with Crippen LogP contribution in [0.5, 0.6) is 5.75 Å². The first kappa shape index (κ1) is 18.7. The Kier molecular flexibility index (Phi) is 6.53. The third-order valence-electron chi connectivity index (χ3n) is 4.71. The molecule has 0 radical (unpaired) electrons. The number of rotatable bonds is 6. The molecule has 1 amide bonds. The summed E-state index contributed by atoms with van der Waals surface area (Å²) in [6, 6.07) is 15.9. The van der Waals surface area contributed by atoms with Crippen LogP contribution in [-0.4, -0.2) is 48.5 Å². The molecule has 0 aromatic heterocycles. The molecule has 5 heteroatoms. The van der Waals surface area contributed by atoms with E-state index in [1.807, 2.05) is 35.2 Å². The van der Waals surface area contributed by atoms with Crippen molar-refractivity contribution in [2.24, 2.45) is 0 Å². The van der Waals surface area contributed by atoms with Crippen LogP contribution in [0.4, 0.5) is 0 Å². The third kappa shape index (κ3) is 5.23. The first-order valence-electron chi connectivity index (χ1n) is 9.10. The summed E-state index contributed by atoms with van der Waals surface area (Å²) in [6.45, 7) is 6.33. The van der Waals surface area contributed by atoms with Gasteiger partial charge < -0.3 is 9.64 Å². The lowest BCUT2D eigenvalue weighted by molar-refractivity contribution is -0.135. The van der Waals surface area contributed by atoms with Crippen LogP contribution in [0.15, 0.2) is 48.5 Å². The van der Waals surface area contributed by atoms with E-state index in [1.54, 1.807) is 0 Å². The zero-order valence-corrected chi connectivity index (χ0v) is 15.9. The number of hydrogen-bond acceptors (Lipinski definition) is 3. The highest BCUT2D eigenvalue weighted by Gasteiger charge is 2.21. The monoisotopic (exact) mass is 372 g/mol. The largest absolute Gasteiger partial charge is 0.484 e. The number of nitrogens with zero attached hydrogens (tertiary/aromatic N) is 2. The van der Waals surface area contributed by atoms with Gasteiger partial charge in [0.15, 0.2) is 6.61 Å². The summed E-state index contributed by atoms with van der Waals surface area (Å²) in [5.74, 6) is 0.817. The molecule has 26 heavy (non-hydrogen) atoms. The van der Waals surface area contributed by atoms with Gasteiger partial charge in [-0.05, 0) is 41.8 Å². The second-order valence-corrected chi connectivity index (χ2v) is 7.01. The molecule has 4 nitrogen and oxygen atoms in total. The van der Waals surface area contributed by atoms with Gasteiger partial charge in [-0.25, -0.2) is 0 Å². The number of piperazine rings is 1. The van der Waals surface area contributed by atoms with Gasteiger partial charge in [0.05, 0.1) is 0 Å². The van der Waals surface area contributed by atoms with Gasteiger partial charge >= 0.3 is 0 Å². The normalized spacial score (nSPS) is 15.1. The van der Waals surface area contributed by atoms with Gasteiger partial charge in [-0.1, -0.05) is 42.8 Å². The van der Waals surface area contributed by atoms with Crippen molar-refractivity contribution in [1.29, 1.82) is 0 Å². The van der Waals surface area contributed by atoms with Crippen molar-refractivity contribution in [2.75, 3.05) is 32.8 Å². The molecule has 0 N–H and O–H groups in total. The molecule has 0 bridgehead atoms. The van der Waals surface area contributed by atoms with Crippen LogP contribution < -0.4 is 4.74 Å². The molecule has 2 aromatic rings. The van der Waals surface area contributed by atoms with Gasteiger partial charge in [0.2, 0.25) is 0 Å². The van der Waals surface area contributed by atoms with Gasteiger partial charge in [0, 0.05) is 37.7 Å². The Bertz CT molecular complexity index is 725. The van der Waals surface area contributed by atoms with E-state index in [9.17, 15) is 4.79 Å². The van der Waals surface area contributed by atoms with Crippen LogP contribution in [0.1, 0.15) is 18.1 Å². The van der Waals surface area contributed by atoms with E-state index in [2.05, 4.69) is 30.0 Å². The third-order valence-corrected chi connectivity index (χ3v) is 4.97. The number of carbonyl (C=O) groups excluding carboxylic acids is 1. The van der Waals surface area contributed by atoms with Gasteiger partial charge in [0.25, 0.3) is 5.91 Å². The lowest BCUT2D eigenvalue weighted by Gasteiger charge is -2.34. The van der Waals surface area contributed by atoms with Crippen molar-refractivity contribution in [1.82, 2.24) is 9.80 Å². The van der Waals surface area contributed by atoms with E-state index in [-0.39, 0.29) is 12.5 Å². The molecule has 0 atom stereocenters. The van der Waals surface area contributed by atoms with E-state index in [0.717, 1.165) is 49.9 Å². The molecule has 0 saturated carbocycles. The van der Waals surface area contributed by atoms with Crippen molar-refractivity contribution < 1.29 is 9.53 Å². The molecule has 0 unspecified atom stereocenters. The van der Waals surface area contributed by atoms with Crippen molar-refractivity contribution in [3.8, 4) is 5.75 Å². The lowest BCUT2D eigenvalue weighted by Crippen LogP contribution is -2.49. The van der Waals surface area contributed by atoms with E-state index < -0.39 is 0 Å². The smallest absolute Gasteiger partial charge is 0.260 e. The van der Waals surface area contributed by atoms with Crippen LogP contribution in [0.2, 0.25) is 5.02 Å². The summed E-state index contributed by atoms with van der Waals surface area (Å²) < 4.78 is 5.68. The van der Waals surface area contributed by atoms with E-state index in [1.165, 1.54) is 11.1 Å². The Morgan fingerprint density at radius 2 is 1.77 bits per heavy atom. The molecule has 1 fully saturated rings. The molecule has 1 saturated heterocycles. The predicted octanol–water partition coefficient (Wildman–Crippen LogP) is 3.63. The molecule has 1 heterocycles. The zero-order chi connectivity index (χ0) is 18.4. The molecule has 3 rings (SSSR count). The maximum Gasteiger partial charge on any atom is 0.260 e. The molecule has 0 spiro atoms. The fraction of sp³-hybridized carbons (Fsp3) is 0.381. The molecule has 0 aliphatic carbocycles. The minimum absolute atomic E-state index is 0.0537. The summed E-state index contributed by atoms with van der Waals surface area (Å²) >= 11 is 5.93. The Morgan fingerprint density at radius 1 is 1.04 bits per heavy atom. The average Bonchev–Trinajstić information content (AvgIpc) is 2.68. The van der Waals surface area contributed by atoms with E-state index in [0.29, 0.717) is 0 Å². The fourth-order valence-electron chi connectivity index (χ4n) is 3.09. The fourth-order valence-corrected chi connectivity index (χ4v) is 3.22. The second kappa shape index (κ2) is 9.06. The molecular formula is C21H25ClN2O2. The summed E-state index contributed by atoms with van der Waals surface area (Å²) in [7, 11) is 0. The Hall–Kier alpha value is -2.04. The summed E-state index contributed by atoms with van der Waals surface area (Å²) in [5, 5.41) is 0.758. The van der Waals surface area contributed by atoms with Crippen molar-refractivity contribution in [3.63, 3.8) is 0 Å². The Balaban J connectivity index is 1.43. The molecule has 2 aromatic carbocycles. The SMILES string of the molecule is CCc1cccc(OCC(=O)N2CCN(Cc3ccc(Cl)cc3)CC2)c1. The maximum absolute atomic E-state index is 12.4. The van der Waals surface area contributed by atoms with Crippen LogP contribution in [0.3, 0.4) is 0 Å². The first-order valence-corrected chi connectivity index (χ1v) is 9.48. The topological polar surface area (TPSA) is 32.8 Å². The number of ether oxygens (including phenoxy) is 1. The van der Waals surface area contributed by atoms with Crippen LogP contribution >= 0.6 is 11.6 Å². The lowest BCUT2D eigenvalue weighted by atomic mass is 10.2. The van der Waals surface area contributed by atoms with Gasteiger partial charge in [0.1, 0.15) is 5.75 Å². The summed E-state index contributed by atoms with van der Waals surface area (Å²) in [6.07, 6.45) is 0.959. The van der Waals surface area contributed by atoms with Crippen LogP contribution in [-0.2, 0) is 17.8 Å². The number of aryl methyl sites for hydroxylation is 1. The number of halogens is 1. The summed E-state index contributed by atoms with van der Waals surface area (Å²) in [4.78, 5) is 16.6. The second-order valence-electron chi connectivity index (χ2n) is 6.57. The predicted molar refractivity (Wildman–Crippen MR) is 105 cm³/mol. The van der Waals surface area contributed by atoms with E-state index in [4.69, 9.17) is 16.3 Å². The quantitative estimate of drug-likeness (QED) is 0.776. The van der Waals surface area contributed by atoms with Gasteiger partial charge in [-0.15, -0.1) is 0 Å². The van der Waals surface area contributed by atoms with E-state index >= 15 is 0 Å². The van der Waals surface area contributed by atoms with Crippen molar-refractivity contribution in [2.45, 2.75) is 19.9 Å². The zero-order valence-electron chi connectivity index (χ0n) is 15.2. The highest BCUT2D eigenvalue weighted by Crippen LogP contribution is 2.15. The molecule has 1 aliphatic heterocycles. The van der Waals surface area contributed by atoms with Gasteiger partial charge in [-0.2, -0.15) is 0 Å². The first-order chi connectivity index (χ1) is 12.6. The molecule has 1 aliphatic rings. The number of benzene rings is 2. The maximum atomic E-state index is 12.4. The molecular weight excluding hydrogens is 348 g/mol. The molecule has 138 valence electrons. The number of hydrogen-bond donors (Lipinski definition) is 0. The van der Waals surface area contributed by atoms with Crippen molar-refractivity contribution >= 4 is 17.5 Å². The van der Waals surface area contributed by atoms with Gasteiger partial charge in [-0.3, -0.25) is 9.69 Å².